The molecule has 2 aromatic heterocycles. The summed E-state index contributed by atoms with van der Waals surface area (Å²) in [6.45, 7) is 4.32. The van der Waals surface area contributed by atoms with Gasteiger partial charge in [-0.25, -0.2) is 9.78 Å². The van der Waals surface area contributed by atoms with Crippen molar-refractivity contribution >= 4 is 17.7 Å². The molecule has 0 aliphatic heterocycles. The monoisotopic (exact) mass is 305 g/mol. The molecule has 0 aromatic carbocycles. The van der Waals surface area contributed by atoms with Crippen LogP contribution in [0, 0.1) is 0 Å². The highest BCUT2D eigenvalue weighted by atomic mass is 32.2. The van der Waals surface area contributed by atoms with Gasteiger partial charge in [-0.3, -0.25) is 4.68 Å². The van der Waals surface area contributed by atoms with Gasteiger partial charge in [-0.2, -0.15) is 5.10 Å². The number of aromatic carboxylic acids is 1. The molecule has 0 saturated carbocycles. The number of carboxylic acid groups (broad SMARTS) is 1. The fourth-order valence-electron chi connectivity index (χ4n) is 2.09. The number of thioether (sulfide) groups is 1. The van der Waals surface area contributed by atoms with Crippen molar-refractivity contribution in [1.82, 2.24) is 14.8 Å². The summed E-state index contributed by atoms with van der Waals surface area (Å²) in [5.74, 6) is -0.249. The van der Waals surface area contributed by atoms with E-state index in [9.17, 15) is 4.79 Å². The van der Waals surface area contributed by atoms with Crippen LogP contribution in [0.5, 0.6) is 0 Å². The van der Waals surface area contributed by atoms with E-state index < -0.39 is 5.97 Å². The van der Waals surface area contributed by atoms with Gasteiger partial charge in [-0.05, 0) is 31.0 Å². The molecule has 21 heavy (non-hydrogen) atoms. The van der Waals surface area contributed by atoms with E-state index in [2.05, 4.69) is 23.9 Å². The van der Waals surface area contributed by atoms with E-state index in [1.54, 1.807) is 6.07 Å². The molecule has 0 radical (unpaired) electrons. The molecule has 0 atom stereocenters. The van der Waals surface area contributed by atoms with Crippen molar-refractivity contribution in [3.8, 4) is 0 Å². The second kappa shape index (κ2) is 7.26. The minimum Gasteiger partial charge on any atom is -0.478 e. The molecular weight excluding hydrogens is 286 g/mol. The summed E-state index contributed by atoms with van der Waals surface area (Å²) in [6.07, 6.45) is 5.66. The van der Waals surface area contributed by atoms with E-state index in [0.717, 1.165) is 18.5 Å². The zero-order valence-electron chi connectivity index (χ0n) is 12.2. The van der Waals surface area contributed by atoms with Crippen LogP contribution < -0.4 is 0 Å². The highest BCUT2D eigenvalue weighted by Crippen LogP contribution is 2.22. The summed E-state index contributed by atoms with van der Waals surface area (Å²) in [7, 11) is 0. The van der Waals surface area contributed by atoms with Crippen LogP contribution in [0.3, 0.4) is 0 Å². The third-order valence-corrected chi connectivity index (χ3v) is 4.29. The summed E-state index contributed by atoms with van der Waals surface area (Å²) in [4.78, 5) is 15.1. The van der Waals surface area contributed by atoms with Crippen LogP contribution in [0.25, 0.3) is 0 Å². The Morgan fingerprint density at radius 2 is 2.14 bits per heavy atom. The van der Waals surface area contributed by atoms with Crippen LogP contribution in [-0.2, 0) is 5.75 Å². The summed E-state index contributed by atoms with van der Waals surface area (Å²) < 4.78 is 2.01. The zero-order valence-corrected chi connectivity index (χ0v) is 13.0. The Bertz CT molecular complexity index is 608. The van der Waals surface area contributed by atoms with Crippen molar-refractivity contribution in [3.05, 3.63) is 41.9 Å². The van der Waals surface area contributed by atoms with Crippen molar-refractivity contribution in [2.75, 3.05) is 0 Å². The summed E-state index contributed by atoms with van der Waals surface area (Å²) in [6, 6.07) is 5.53. The number of carboxylic acids is 1. The topological polar surface area (TPSA) is 68.0 Å². The van der Waals surface area contributed by atoms with Crippen molar-refractivity contribution in [2.45, 2.75) is 43.5 Å². The van der Waals surface area contributed by atoms with Crippen molar-refractivity contribution in [1.29, 1.82) is 0 Å². The molecule has 2 rings (SSSR count). The van der Waals surface area contributed by atoms with Gasteiger partial charge in [0.05, 0.1) is 22.3 Å². The number of aromatic nitrogens is 3. The lowest BCUT2D eigenvalue weighted by molar-refractivity contribution is 0.0696. The number of rotatable bonds is 7. The molecular formula is C15H19N3O2S. The predicted octanol–water partition coefficient (Wildman–Crippen LogP) is 3.63. The molecule has 1 N–H and O–H groups in total. The lowest BCUT2D eigenvalue weighted by Gasteiger charge is -2.12. The molecule has 0 aliphatic carbocycles. The van der Waals surface area contributed by atoms with Gasteiger partial charge in [0, 0.05) is 18.1 Å². The molecule has 6 heteroatoms. The quantitative estimate of drug-likeness (QED) is 0.791. The number of pyridine rings is 1. The Kier molecular flexibility index (Phi) is 5.38. The number of hydrogen-bond acceptors (Lipinski definition) is 4. The largest absolute Gasteiger partial charge is 0.478 e. The second-order valence-corrected chi connectivity index (χ2v) is 5.73. The van der Waals surface area contributed by atoms with Crippen LogP contribution in [0.1, 0.15) is 48.8 Å². The Morgan fingerprint density at radius 3 is 2.81 bits per heavy atom. The molecule has 0 spiro atoms. The van der Waals surface area contributed by atoms with E-state index >= 15 is 0 Å². The Morgan fingerprint density at radius 1 is 1.38 bits per heavy atom. The van der Waals surface area contributed by atoms with Crippen LogP contribution in [0.2, 0.25) is 0 Å². The fraction of sp³-hybridized carbons (Fsp3) is 0.400. The smallest absolute Gasteiger partial charge is 0.335 e. The molecule has 0 unspecified atom stereocenters. The SMILES string of the molecule is CCC(CC)n1ccc(CSc2cc(C(=O)O)ccn2)n1. The van der Waals surface area contributed by atoms with Crippen molar-refractivity contribution in [3.63, 3.8) is 0 Å². The highest BCUT2D eigenvalue weighted by molar-refractivity contribution is 7.98. The van der Waals surface area contributed by atoms with Crippen LogP contribution in [-0.4, -0.2) is 25.8 Å². The standard InChI is InChI=1S/C15H19N3O2S/c1-3-13(4-2)18-8-6-12(17-18)10-21-14-9-11(15(19)20)5-7-16-14/h5-9,13H,3-4,10H2,1-2H3,(H,19,20). The number of nitrogens with zero attached hydrogens (tertiary/aromatic N) is 3. The lowest BCUT2D eigenvalue weighted by atomic mass is 10.2. The average Bonchev–Trinajstić information content (AvgIpc) is 2.95. The molecule has 5 nitrogen and oxygen atoms in total. The Balaban J connectivity index is 2.00. The molecule has 2 heterocycles. The molecule has 0 saturated heterocycles. The van der Waals surface area contributed by atoms with Crippen LogP contribution >= 0.6 is 11.8 Å². The third-order valence-electron chi connectivity index (χ3n) is 3.33. The van der Waals surface area contributed by atoms with E-state index in [-0.39, 0.29) is 5.56 Å². The van der Waals surface area contributed by atoms with Gasteiger partial charge in [0.1, 0.15) is 0 Å². The average molecular weight is 305 g/mol. The number of hydrogen-bond donors (Lipinski definition) is 1. The predicted molar refractivity (Wildman–Crippen MR) is 82.6 cm³/mol. The fourth-order valence-corrected chi connectivity index (χ4v) is 2.89. The Hall–Kier alpha value is -1.82. The van der Waals surface area contributed by atoms with Gasteiger partial charge < -0.3 is 5.11 Å². The molecule has 0 aliphatic rings. The lowest BCUT2D eigenvalue weighted by Crippen LogP contribution is -2.07. The summed E-state index contributed by atoms with van der Waals surface area (Å²) in [5.41, 5.74) is 1.24. The van der Waals surface area contributed by atoms with E-state index in [1.165, 1.54) is 24.0 Å². The molecule has 0 bridgehead atoms. The van der Waals surface area contributed by atoms with Gasteiger partial charge in [0.25, 0.3) is 0 Å². The van der Waals surface area contributed by atoms with Gasteiger partial charge in [0.15, 0.2) is 0 Å². The summed E-state index contributed by atoms with van der Waals surface area (Å²) in [5, 5.41) is 14.2. The minimum absolute atomic E-state index is 0.259. The maximum Gasteiger partial charge on any atom is 0.335 e. The van der Waals surface area contributed by atoms with Gasteiger partial charge in [-0.1, -0.05) is 25.6 Å². The molecule has 0 amide bonds. The third kappa shape index (κ3) is 4.07. The first-order chi connectivity index (χ1) is 10.1. The molecule has 112 valence electrons. The maximum atomic E-state index is 10.9. The second-order valence-electron chi connectivity index (χ2n) is 4.73. The van der Waals surface area contributed by atoms with Gasteiger partial charge >= 0.3 is 5.97 Å². The first-order valence-electron chi connectivity index (χ1n) is 7.00. The molecule has 2 aromatic rings. The van der Waals surface area contributed by atoms with E-state index in [1.807, 2.05) is 16.9 Å². The van der Waals surface area contributed by atoms with E-state index in [0.29, 0.717) is 16.8 Å². The maximum absolute atomic E-state index is 10.9. The van der Waals surface area contributed by atoms with Gasteiger partial charge in [-0.15, -0.1) is 0 Å². The summed E-state index contributed by atoms with van der Waals surface area (Å²) >= 11 is 1.50. The van der Waals surface area contributed by atoms with Gasteiger partial charge in [0.2, 0.25) is 0 Å². The zero-order chi connectivity index (χ0) is 15.2. The van der Waals surface area contributed by atoms with Crippen LogP contribution in [0.4, 0.5) is 0 Å². The van der Waals surface area contributed by atoms with Crippen molar-refractivity contribution < 1.29 is 9.90 Å². The Labute approximate surface area is 128 Å². The minimum atomic E-state index is -0.933. The van der Waals surface area contributed by atoms with Crippen LogP contribution in [0.15, 0.2) is 35.6 Å². The number of carbonyl (C=O) groups is 1. The van der Waals surface area contributed by atoms with Crippen molar-refractivity contribution in [2.24, 2.45) is 0 Å². The highest BCUT2D eigenvalue weighted by Gasteiger charge is 2.09. The molecule has 0 fully saturated rings. The normalized spacial score (nSPS) is 11.0. The first kappa shape index (κ1) is 15.6. The first-order valence-corrected chi connectivity index (χ1v) is 7.98. The van der Waals surface area contributed by atoms with E-state index in [4.69, 9.17) is 5.11 Å².